The predicted octanol–water partition coefficient (Wildman–Crippen LogP) is 3.64. The number of carbonyl (C=O) groups excluding carboxylic acids is 2. The molecule has 5 rings (SSSR count). The van der Waals surface area contributed by atoms with Crippen LogP contribution in [0.4, 0.5) is 0 Å². The lowest BCUT2D eigenvalue weighted by atomic mass is 9.85. The molecule has 0 radical (unpaired) electrons. The summed E-state index contributed by atoms with van der Waals surface area (Å²) >= 11 is 0. The first-order valence-corrected chi connectivity index (χ1v) is 9.31. The number of esters is 1. The van der Waals surface area contributed by atoms with Crippen molar-refractivity contribution in [2.24, 2.45) is 0 Å². The maximum atomic E-state index is 13.0. The van der Waals surface area contributed by atoms with Crippen molar-refractivity contribution in [3.05, 3.63) is 77.5 Å². The standard InChI is InChI=1S/C22H18N2O4/c25-20(18-13-19(28-23-18)15-7-2-1-3-8-15)24-12-6-11-22(14-24)17-10-5-4-9-16(17)21(26)27-22/h1-5,7-10,13H,6,11-12,14H2. The van der Waals surface area contributed by atoms with Gasteiger partial charge in [0.15, 0.2) is 17.1 Å². The highest BCUT2D eigenvalue weighted by molar-refractivity contribution is 5.96. The van der Waals surface area contributed by atoms with Crippen molar-refractivity contribution in [3.8, 4) is 11.3 Å². The largest absolute Gasteiger partial charge is 0.449 e. The summed E-state index contributed by atoms with van der Waals surface area (Å²) in [4.78, 5) is 27.0. The van der Waals surface area contributed by atoms with Crippen LogP contribution in [0.5, 0.6) is 0 Å². The van der Waals surface area contributed by atoms with Crippen LogP contribution in [0.25, 0.3) is 11.3 Å². The van der Waals surface area contributed by atoms with Crippen LogP contribution < -0.4 is 0 Å². The van der Waals surface area contributed by atoms with E-state index in [1.165, 1.54) is 0 Å². The lowest BCUT2D eigenvalue weighted by molar-refractivity contribution is -0.0443. The van der Waals surface area contributed by atoms with E-state index in [-0.39, 0.29) is 17.6 Å². The molecule has 1 fully saturated rings. The van der Waals surface area contributed by atoms with Crippen LogP contribution >= 0.6 is 0 Å². The summed E-state index contributed by atoms with van der Waals surface area (Å²) in [5, 5.41) is 3.97. The van der Waals surface area contributed by atoms with Gasteiger partial charge in [0.2, 0.25) is 0 Å². The highest BCUT2D eigenvalue weighted by atomic mass is 16.6. The first-order chi connectivity index (χ1) is 13.7. The van der Waals surface area contributed by atoms with E-state index in [0.29, 0.717) is 30.8 Å². The minimum absolute atomic E-state index is 0.217. The molecule has 2 aliphatic heterocycles. The van der Waals surface area contributed by atoms with Crippen molar-refractivity contribution in [2.45, 2.75) is 18.4 Å². The number of carbonyl (C=O) groups is 2. The smallest absolute Gasteiger partial charge is 0.339 e. The normalized spacial score (nSPS) is 20.9. The molecule has 28 heavy (non-hydrogen) atoms. The number of benzene rings is 2. The van der Waals surface area contributed by atoms with Gasteiger partial charge >= 0.3 is 5.97 Å². The molecule has 2 aliphatic rings. The fourth-order valence-electron chi connectivity index (χ4n) is 4.12. The second-order valence-corrected chi connectivity index (χ2v) is 7.20. The van der Waals surface area contributed by atoms with E-state index in [9.17, 15) is 9.59 Å². The topological polar surface area (TPSA) is 72.6 Å². The molecule has 1 amide bonds. The second-order valence-electron chi connectivity index (χ2n) is 7.20. The van der Waals surface area contributed by atoms with E-state index in [1.54, 1.807) is 17.0 Å². The Morgan fingerprint density at radius 1 is 1.07 bits per heavy atom. The third-order valence-corrected chi connectivity index (χ3v) is 5.46. The van der Waals surface area contributed by atoms with E-state index in [2.05, 4.69) is 5.16 Å². The fourth-order valence-corrected chi connectivity index (χ4v) is 4.12. The van der Waals surface area contributed by atoms with E-state index >= 15 is 0 Å². The van der Waals surface area contributed by atoms with Crippen LogP contribution in [-0.4, -0.2) is 35.0 Å². The molecular weight excluding hydrogens is 356 g/mol. The third-order valence-electron chi connectivity index (χ3n) is 5.46. The first-order valence-electron chi connectivity index (χ1n) is 9.31. The Hall–Kier alpha value is -3.41. The molecule has 1 atom stereocenters. The number of fused-ring (bicyclic) bond motifs is 2. The average Bonchev–Trinajstić information content (AvgIpc) is 3.33. The van der Waals surface area contributed by atoms with Gasteiger partial charge in [0.05, 0.1) is 12.1 Å². The average molecular weight is 374 g/mol. The Morgan fingerprint density at radius 2 is 1.86 bits per heavy atom. The van der Waals surface area contributed by atoms with Crippen molar-refractivity contribution < 1.29 is 18.8 Å². The van der Waals surface area contributed by atoms with Crippen molar-refractivity contribution in [1.29, 1.82) is 0 Å². The van der Waals surface area contributed by atoms with Crippen molar-refractivity contribution in [1.82, 2.24) is 10.1 Å². The van der Waals surface area contributed by atoms with Crippen LogP contribution in [0.3, 0.4) is 0 Å². The number of hydrogen-bond acceptors (Lipinski definition) is 5. The first kappa shape index (κ1) is 16.7. The SMILES string of the molecule is O=C1OC2(CCCN(C(=O)c3cc(-c4ccccc4)on3)C2)c2ccccc21. The molecule has 6 heteroatoms. The molecular formula is C22H18N2O4. The number of ether oxygens (including phenoxy) is 1. The molecule has 2 aromatic carbocycles. The molecule has 1 spiro atoms. The molecule has 6 nitrogen and oxygen atoms in total. The predicted molar refractivity (Wildman–Crippen MR) is 101 cm³/mol. The zero-order valence-electron chi connectivity index (χ0n) is 15.1. The lowest BCUT2D eigenvalue weighted by Crippen LogP contribution is -2.48. The van der Waals surface area contributed by atoms with Crippen LogP contribution in [0.1, 0.15) is 39.3 Å². The zero-order chi connectivity index (χ0) is 19.1. The van der Waals surface area contributed by atoms with Crippen LogP contribution in [0.15, 0.2) is 65.2 Å². The summed E-state index contributed by atoms with van der Waals surface area (Å²) in [6, 6.07) is 18.6. The maximum Gasteiger partial charge on any atom is 0.339 e. The summed E-state index contributed by atoms with van der Waals surface area (Å²) in [5.74, 6) is 0.0106. The van der Waals surface area contributed by atoms with Gasteiger partial charge in [-0.05, 0) is 18.9 Å². The summed E-state index contributed by atoms with van der Waals surface area (Å²) < 4.78 is 11.1. The van der Waals surface area contributed by atoms with Crippen molar-refractivity contribution in [2.75, 3.05) is 13.1 Å². The molecule has 0 saturated carbocycles. The van der Waals surface area contributed by atoms with E-state index in [0.717, 1.165) is 17.5 Å². The number of aromatic nitrogens is 1. The maximum absolute atomic E-state index is 13.0. The Kier molecular flexibility index (Phi) is 3.79. The number of piperidine rings is 1. The molecule has 0 bridgehead atoms. The monoisotopic (exact) mass is 374 g/mol. The van der Waals surface area contributed by atoms with Crippen LogP contribution in [0.2, 0.25) is 0 Å². The molecule has 1 saturated heterocycles. The Labute approximate surface area is 161 Å². The van der Waals surface area contributed by atoms with Gasteiger partial charge in [0.25, 0.3) is 5.91 Å². The Balaban J connectivity index is 1.41. The summed E-state index contributed by atoms with van der Waals surface area (Å²) in [6.45, 7) is 0.913. The molecule has 140 valence electrons. The van der Waals surface area contributed by atoms with Crippen LogP contribution in [0, 0.1) is 0 Å². The molecule has 3 heterocycles. The van der Waals surface area contributed by atoms with Gasteiger partial charge in [0, 0.05) is 23.7 Å². The quantitative estimate of drug-likeness (QED) is 0.640. The number of rotatable bonds is 2. The highest BCUT2D eigenvalue weighted by Gasteiger charge is 2.49. The van der Waals surface area contributed by atoms with E-state index < -0.39 is 5.60 Å². The fraction of sp³-hybridized carbons (Fsp3) is 0.227. The Bertz CT molecular complexity index is 1060. The third kappa shape index (κ3) is 2.60. The van der Waals surface area contributed by atoms with Gasteiger partial charge in [0.1, 0.15) is 0 Å². The Morgan fingerprint density at radius 3 is 2.71 bits per heavy atom. The zero-order valence-corrected chi connectivity index (χ0v) is 15.1. The molecule has 3 aromatic rings. The molecule has 0 N–H and O–H groups in total. The summed E-state index contributed by atoms with van der Waals surface area (Å²) in [7, 11) is 0. The minimum atomic E-state index is -0.770. The van der Waals surface area contributed by atoms with Gasteiger partial charge in [-0.3, -0.25) is 4.79 Å². The van der Waals surface area contributed by atoms with Gasteiger partial charge in [-0.15, -0.1) is 0 Å². The number of amides is 1. The highest BCUT2D eigenvalue weighted by Crippen LogP contribution is 2.43. The van der Waals surface area contributed by atoms with E-state index in [1.807, 2.05) is 48.5 Å². The molecule has 0 aliphatic carbocycles. The molecule has 1 unspecified atom stereocenters. The van der Waals surface area contributed by atoms with Crippen molar-refractivity contribution in [3.63, 3.8) is 0 Å². The lowest BCUT2D eigenvalue weighted by Gasteiger charge is -2.39. The number of likely N-dealkylation sites (tertiary alicyclic amines) is 1. The van der Waals surface area contributed by atoms with Gasteiger partial charge < -0.3 is 14.2 Å². The van der Waals surface area contributed by atoms with Gasteiger partial charge in [-0.1, -0.05) is 53.7 Å². The number of nitrogens with zero attached hydrogens (tertiary/aromatic N) is 2. The summed E-state index contributed by atoms with van der Waals surface area (Å²) in [5.41, 5.74) is 1.80. The van der Waals surface area contributed by atoms with Gasteiger partial charge in [-0.2, -0.15) is 0 Å². The van der Waals surface area contributed by atoms with Crippen LogP contribution in [-0.2, 0) is 10.3 Å². The summed E-state index contributed by atoms with van der Waals surface area (Å²) in [6.07, 6.45) is 1.45. The number of hydrogen-bond donors (Lipinski definition) is 0. The van der Waals surface area contributed by atoms with E-state index in [4.69, 9.17) is 9.26 Å². The second kappa shape index (κ2) is 6.34. The van der Waals surface area contributed by atoms with Gasteiger partial charge in [-0.25, -0.2) is 4.79 Å². The minimum Gasteiger partial charge on any atom is -0.449 e. The van der Waals surface area contributed by atoms with Crippen molar-refractivity contribution >= 4 is 11.9 Å². The molecule has 1 aromatic heterocycles.